The van der Waals surface area contributed by atoms with Gasteiger partial charge >= 0.3 is 0 Å². The summed E-state index contributed by atoms with van der Waals surface area (Å²) >= 11 is 0. The number of hydrogen-bond donors (Lipinski definition) is 2. The van der Waals surface area contributed by atoms with E-state index in [1.807, 2.05) is 0 Å². The van der Waals surface area contributed by atoms with Crippen molar-refractivity contribution in [3.8, 4) is 5.75 Å². The Hall–Kier alpha value is -1.91. The lowest BCUT2D eigenvalue weighted by atomic mass is 9.78. The maximum atomic E-state index is 13.7. The first-order chi connectivity index (χ1) is 12.8. The highest BCUT2D eigenvalue weighted by molar-refractivity contribution is 5.34. The van der Waals surface area contributed by atoms with Gasteiger partial charge in [0.2, 0.25) is 0 Å². The summed E-state index contributed by atoms with van der Waals surface area (Å²) in [6, 6.07) is 16.0. The Balaban J connectivity index is 1.57. The van der Waals surface area contributed by atoms with Gasteiger partial charge in [0.05, 0.1) is 7.11 Å². The minimum Gasteiger partial charge on any atom is -0.496 e. The Morgan fingerprint density at radius 3 is 2.81 bits per heavy atom. The van der Waals surface area contributed by atoms with Crippen molar-refractivity contribution in [3.05, 3.63) is 65.5 Å². The van der Waals surface area contributed by atoms with E-state index in [2.05, 4.69) is 41.0 Å². The third kappa shape index (κ3) is 3.49. The van der Waals surface area contributed by atoms with Gasteiger partial charge in [0.25, 0.3) is 0 Å². The first kappa shape index (κ1) is 17.5. The number of rotatable bonds is 5. The van der Waals surface area contributed by atoms with Gasteiger partial charge in [-0.3, -0.25) is 0 Å². The molecule has 0 spiro atoms. The maximum Gasteiger partial charge on any atom is 0.123 e. The molecule has 4 rings (SSSR count). The molecule has 0 bridgehead atoms. The summed E-state index contributed by atoms with van der Waals surface area (Å²) < 4.78 is 19.1. The zero-order chi connectivity index (χ0) is 17.9. The number of methoxy groups -OCH3 is 1. The summed E-state index contributed by atoms with van der Waals surface area (Å²) in [6.07, 6.45) is 3.88. The van der Waals surface area contributed by atoms with Crippen molar-refractivity contribution < 1.29 is 9.13 Å². The molecule has 4 atom stereocenters. The van der Waals surface area contributed by atoms with Gasteiger partial charge in [0.1, 0.15) is 11.6 Å². The van der Waals surface area contributed by atoms with Gasteiger partial charge in [0.15, 0.2) is 0 Å². The molecule has 0 radical (unpaired) electrons. The second kappa shape index (κ2) is 7.77. The van der Waals surface area contributed by atoms with Crippen molar-refractivity contribution in [2.75, 3.05) is 13.7 Å². The van der Waals surface area contributed by atoms with E-state index in [0.717, 1.165) is 23.8 Å². The Kier molecular flexibility index (Phi) is 5.23. The van der Waals surface area contributed by atoms with Crippen molar-refractivity contribution >= 4 is 0 Å². The van der Waals surface area contributed by atoms with Crippen LogP contribution in [0.2, 0.25) is 0 Å². The molecule has 26 heavy (non-hydrogen) atoms. The van der Waals surface area contributed by atoms with E-state index in [4.69, 9.17) is 4.74 Å². The number of piperidine rings is 1. The molecular weight excluding hydrogens is 327 g/mol. The van der Waals surface area contributed by atoms with Crippen LogP contribution in [0.4, 0.5) is 4.39 Å². The molecule has 2 N–H and O–H groups in total. The van der Waals surface area contributed by atoms with Crippen LogP contribution in [0.15, 0.2) is 48.5 Å². The van der Waals surface area contributed by atoms with Crippen LogP contribution in [0.5, 0.6) is 5.75 Å². The van der Waals surface area contributed by atoms with Crippen LogP contribution < -0.4 is 15.4 Å². The Morgan fingerprint density at radius 1 is 1.15 bits per heavy atom. The molecule has 2 fully saturated rings. The van der Waals surface area contributed by atoms with E-state index in [1.54, 1.807) is 19.2 Å². The summed E-state index contributed by atoms with van der Waals surface area (Å²) in [7, 11) is 1.64. The van der Waals surface area contributed by atoms with Gasteiger partial charge in [-0.1, -0.05) is 36.8 Å². The van der Waals surface area contributed by atoms with Gasteiger partial charge in [-0.2, -0.15) is 0 Å². The van der Waals surface area contributed by atoms with Gasteiger partial charge in [-0.15, -0.1) is 0 Å². The third-order valence-corrected chi connectivity index (χ3v) is 6.07. The molecule has 1 aliphatic heterocycles. The molecule has 0 aromatic heterocycles. The normalized spacial score (nSPS) is 27.9. The topological polar surface area (TPSA) is 33.3 Å². The Labute approximate surface area is 155 Å². The van der Waals surface area contributed by atoms with Crippen molar-refractivity contribution in [3.63, 3.8) is 0 Å². The van der Waals surface area contributed by atoms with E-state index < -0.39 is 0 Å². The fourth-order valence-electron chi connectivity index (χ4n) is 4.81. The first-order valence-electron chi connectivity index (χ1n) is 9.60. The molecule has 2 aromatic rings. The lowest BCUT2D eigenvalue weighted by Crippen LogP contribution is -2.53. The maximum absolute atomic E-state index is 13.7. The van der Waals surface area contributed by atoms with Crippen LogP contribution in [0.1, 0.15) is 36.4 Å². The average Bonchev–Trinajstić information content (AvgIpc) is 3.16. The van der Waals surface area contributed by atoms with E-state index in [0.29, 0.717) is 18.5 Å². The number of fused-ring (bicyclic) bond motifs is 1. The quantitative estimate of drug-likeness (QED) is 0.850. The van der Waals surface area contributed by atoms with Crippen LogP contribution in [-0.4, -0.2) is 19.7 Å². The molecular formula is C22H27FN2O. The van der Waals surface area contributed by atoms with Crippen LogP contribution >= 0.6 is 0 Å². The molecule has 2 aromatic carbocycles. The predicted molar refractivity (Wildman–Crippen MR) is 102 cm³/mol. The molecule has 1 saturated heterocycles. The highest BCUT2D eigenvalue weighted by Crippen LogP contribution is 2.41. The number of ether oxygens (including phenoxy) is 1. The average molecular weight is 354 g/mol. The molecule has 1 aliphatic carbocycles. The molecule has 2 aliphatic rings. The predicted octanol–water partition coefficient (Wildman–Crippen LogP) is 4.05. The minimum atomic E-state index is -0.220. The summed E-state index contributed by atoms with van der Waals surface area (Å²) in [6.45, 7) is 1.70. The van der Waals surface area contributed by atoms with E-state index in [1.165, 1.54) is 30.9 Å². The highest BCUT2D eigenvalue weighted by atomic mass is 19.1. The van der Waals surface area contributed by atoms with Crippen molar-refractivity contribution in [2.45, 2.75) is 37.9 Å². The fourth-order valence-corrected chi connectivity index (χ4v) is 4.81. The summed E-state index contributed by atoms with van der Waals surface area (Å²) in [5, 5.41) is 7.52. The van der Waals surface area contributed by atoms with E-state index in [-0.39, 0.29) is 11.9 Å². The largest absolute Gasteiger partial charge is 0.496 e. The molecule has 0 amide bonds. The van der Waals surface area contributed by atoms with Crippen molar-refractivity contribution in [1.82, 2.24) is 10.6 Å². The number of benzene rings is 2. The summed E-state index contributed by atoms with van der Waals surface area (Å²) in [5.41, 5.74) is 2.20. The van der Waals surface area contributed by atoms with Crippen molar-refractivity contribution in [1.29, 1.82) is 0 Å². The summed E-state index contributed by atoms with van der Waals surface area (Å²) in [5.74, 6) is 1.92. The van der Waals surface area contributed by atoms with E-state index >= 15 is 0 Å². The standard InChI is InChI=1S/C22H27FN2O/c1-26-20-11-10-18(23)12-17(20)14-25-22-19-9-5-8-16(19)13-24-21(22)15-6-3-2-4-7-15/h2-4,6-7,10-12,16,19,21-22,24-25H,5,8-9,13-14H2,1H3. The molecule has 1 heterocycles. The van der Waals surface area contributed by atoms with Crippen LogP contribution in [-0.2, 0) is 6.54 Å². The zero-order valence-electron chi connectivity index (χ0n) is 15.2. The SMILES string of the molecule is COc1ccc(F)cc1CNC1C(c2ccccc2)NCC2CCCC21. The molecule has 3 nitrogen and oxygen atoms in total. The number of nitrogens with one attached hydrogen (secondary N) is 2. The first-order valence-corrected chi connectivity index (χ1v) is 9.60. The second-order valence-corrected chi connectivity index (χ2v) is 7.51. The second-order valence-electron chi connectivity index (χ2n) is 7.51. The zero-order valence-corrected chi connectivity index (χ0v) is 15.2. The molecule has 1 saturated carbocycles. The highest BCUT2D eigenvalue weighted by Gasteiger charge is 2.41. The lowest BCUT2D eigenvalue weighted by Gasteiger charge is -2.42. The van der Waals surface area contributed by atoms with Gasteiger partial charge in [-0.05, 0) is 55.0 Å². The summed E-state index contributed by atoms with van der Waals surface area (Å²) in [4.78, 5) is 0. The Bertz CT molecular complexity index is 736. The van der Waals surface area contributed by atoms with Crippen molar-refractivity contribution in [2.24, 2.45) is 11.8 Å². The number of hydrogen-bond acceptors (Lipinski definition) is 3. The van der Waals surface area contributed by atoms with Crippen LogP contribution in [0.25, 0.3) is 0 Å². The van der Waals surface area contributed by atoms with Crippen LogP contribution in [0.3, 0.4) is 0 Å². The van der Waals surface area contributed by atoms with Gasteiger partial charge in [-0.25, -0.2) is 4.39 Å². The van der Waals surface area contributed by atoms with Gasteiger partial charge in [0, 0.05) is 24.2 Å². The molecule has 138 valence electrons. The number of halogens is 1. The lowest BCUT2D eigenvalue weighted by molar-refractivity contribution is 0.170. The molecule has 4 heteroatoms. The van der Waals surface area contributed by atoms with E-state index in [9.17, 15) is 4.39 Å². The van der Waals surface area contributed by atoms with Gasteiger partial charge < -0.3 is 15.4 Å². The monoisotopic (exact) mass is 354 g/mol. The smallest absolute Gasteiger partial charge is 0.123 e. The fraction of sp³-hybridized carbons (Fsp3) is 0.455. The Morgan fingerprint density at radius 2 is 2.00 bits per heavy atom. The molecule has 4 unspecified atom stereocenters. The minimum absolute atomic E-state index is 0.220. The third-order valence-electron chi connectivity index (χ3n) is 6.07. The van der Waals surface area contributed by atoms with Crippen LogP contribution in [0, 0.1) is 17.7 Å².